The van der Waals surface area contributed by atoms with Gasteiger partial charge in [0, 0.05) is 6.42 Å². The maximum absolute atomic E-state index is 10.6. The highest BCUT2D eigenvalue weighted by atomic mass is 16.7. The minimum absolute atomic E-state index is 0.189. The highest BCUT2D eigenvalue weighted by Gasteiger charge is 2.56. The van der Waals surface area contributed by atoms with Crippen LogP contribution in [0, 0.1) is 0 Å². The average molecular weight is 551 g/mol. The van der Waals surface area contributed by atoms with Crippen molar-refractivity contribution >= 4 is 0 Å². The molecule has 10 unspecified atom stereocenters. The SMILES string of the molecule is CC1(O)C(Oc2ccc(-c3ccc4c(c3)CCC3(O4)OC(CO)C(O)C(O)C3O)cc2)OC(CO)C(O)C1O. The van der Waals surface area contributed by atoms with Crippen molar-refractivity contribution in [3.8, 4) is 22.6 Å². The van der Waals surface area contributed by atoms with Crippen LogP contribution in [0.3, 0.4) is 0 Å². The maximum Gasteiger partial charge on any atom is 0.240 e. The standard InChI is InChI=1S/C27H34O12/c1-26(35)23(33)21(31)18(11-28)37-25(26)36-16-5-2-13(3-6-16)14-4-7-17-15(10-14)8-9-27(38-17)24(34)22(32)20(30)19(12-29)39-27/h2-7,10,18-25,28-35H,8-9,11-12H2,1H3. The molecule has 5 rings (SSSR count). The molecular formula is C27H34O12. The van der Waals surface area contributed by atoms with E-state index in [1.54, 1.807) is 36.4 Å². The smallest absolute Gasteiger partial charge is 0.240 e. The molecule has 12 heteroatoms. The number of rotatable bonds is 5. The van der Waals surface area contributed by atoms with Crippen LogP contribution >= 0.6 is 0 Å². The van der Waals surface area contributed by atoms with Gasteiger partial charge in [-0.1, -0.05) is 18.2 Å². The summed E-state index contributed by atoms with van der Waals surface area (Å²) in [5.41, 5.74) is 0.594. The fraction of sp³-hybridized carbons (Fsp3) is 0.556. The Morgan fingerprint density at radius 1 is 0.846 bits per heavy atom. The largest absolute Gasteiger partial charge is 0.462 e. The Hall–Kier alpha value is -2.36. The molecule has 214 valence electrons. The molecule has 1 spiro atoms. The van der Waals surface area contributed by atoms with Gasteiger partial charge in [-0.25, -0.2) is 0 Å². The number of aliphatic hydroxyl groups is 8. The van der Waals surface area contributed by atoms with E-state index >= 15 is 0 Å². The fourth-order valence-electron chi connectivity index (χ4n) is 5.31. The summed E-state index contributed by atoms with van der Waals surface area (Å²) in [6.07, 6.45) is -10.5. The van der Waals surface area contributed by atoms with Crippen molar-refractivity contribution in [2.45, 2.75) is 80.2 Å². The molecule has 8 N–H and O–H groups in total. The quantitative estimate of drug-likeness (QED) is 0.213. The Morgan fingerprint density at radius 2 is 1.51 bits per heavy atom. The molecule has 2 fully saturated rings. The van der Waals surface area contributed by atoms with Gasteiger partial charge in [0.2, 0.25) is 12.1 Å². The Bertz CT molecular complexity index is 1150. The van der Waals surface area contributed by atoms with E-state index in [0.29, 0.717) is 17.9 Å². The van der Waals surface area contributed by atoms with Gasteiger partial charge in [0.25, 0.3) is 0 Å². The number of fused-ring (bicyclic) bond motifs is 1. The molecule has 10 atom stereocenters. The number of hydrogen-bond donors (Lipinski definition) is 8. The van der Waals surface area contributed by atoms with Crippen LogP contribution in [-0.2, 0) is 15.9 Å². The number of aryl methyl sites for hydroxylation is 1. The van der Waals surface area contributed by atoms with E-state index < -0.39 is 73.6 Å². The van der Waals surface area contributed by atoms with Crippen LogP contribution in [0.1, 0.15) is 18.9 Å². The Labute approximate surface area is 224 Å². The molecular weight excluding hydrogens is 516 g/mol. The maximum atomic E-state index is 10.6. The summed E-state index contributed by atoms with van der Waals surface area (Å²) in [7, 11) is 0. The van der Waals surface area contributed by atoms with Crippen molar-refractivity contribution in [1.82, 2.24) is 0 Å². The fourth-order valence-corrected chi connectivity index (χ4v) is 5.31. The Kier molecular flexibility index (Phi) is 7.63. The molecule has 12 nitrogen and oxygen atoms in total. The van der Waals surface area contributed by atoms with Crippen LogP contribution in [0.5, 0.6) is 11.5 Å². The van der Waals surface area contributed by atoms with Gasteiger partial charge in [0.15, 0.2) is 5.60 Å². The van der Waals surface area contributed by atoms with E-state index in [2.05, 4.69) is 0 Å². The van der Waals surface area contributed by atoms with Gasteiger partial charge in [-0.05, 0) is 54.3 Å². The molecule has 2 saturated heterocycles. The van der Waals surface area contributed by atoms with E-state index in [4.69, 9.17) is 18.9 Å². The molecule has 3 heterocycles. The van der Waals surface area contributed by atoms with Crippen LogP contribution in [0.15, 0.2) is 42.5 Å². The lowest BCUT2D eigenvalue weighted by atomic mass is 9.86. The summed E-state index contributed by atoms with van der Waals surface area (Å²) in [6.45, 7) is 0.166. The van der Waals surface area contributed by atoms with Crippen molar-refractivity contribution in [2.75, 3.05) is 13.2 Å². The van der Waals surface area contributed by atoms with E-state index in [1.165, 1.54) is 6.92 Å². The Morgan fingerprint density at radius 3 is 2.18 bits per heavy atom. The molecule has 0 bridgehead atoms. The summed E-state index contributed by atoms with van der Waals surface area (Å²) in [6, 6.07) is 12.3. The zero-order valence-electron chi connectivity index (χ0n) is 21.2. The topological polar surface area (TPSA) is 199 Å². The molecule has 0 aromatic heterocycles. The molecule has 3 aliphatic heterocycles. The van der Waals surface area contributed by atoms with E-state index in [-0.39, 0.29) is 6.42 Å². The van der Waals surface area contributed by atoms with Gasteiger partial charge in [-0.15, -0.1) is 0 Å². The minimum atomic E-state index is -1.93. The molecule has 0 saturated carbocycles. The first kappa shape index (κ1) is 28.2. The van der Waals surface area contributed by atoms with Gasteiger partial charge < -0.3 is 59.8 Å². The van der Waals surface area contributed by atoms with Crippen LogP contribution in [0.4, 0.5) is 0 Å². The lowest BCUT2D eigenvalue weighted by molar-refractivity contribution is -0.342. The molecule has 0 radical (unpaired) electrons. The van der Waals surface area contributed by atoms with Crippen molar-refractivity contribution < 1.29 is 59.8 Å². The van der Waals surface area contributed by atoms with Crippen molar-refractivity contribution in [3.63, 3.8) is 0 Å². The number of aliphatic hydroxyl groups excluding tert-OH is 7. The van der Waals surface area contributed by atoms with Gasteiger partial charge in [0.05, 0.1) is 13.2 Å². The van der Waals surface area contributed by atoms with Crippen molar-refractivity contribution in [3.05, 3.63) is 48.0 Å². The zero-order valence-corrected chi connectivity index (χ0v) is 21.2. The van der Waals surface area contributed by atoms with Gasteiger partial charge in [0.1, 0.15) is 54.2 Å². The molecule has 2 aromatic rings. The first-order valence-corrected chi connectivity index (χ1v) is 12.8. The van der Waals surface area contributed by atoms with Crippen molar-refractivity contribution in [1.29, 1.82) is 0 Å². The summed E-state index contributed by atoms with van der Waals surface area (Å²) in [5, 5.41) is 80.8. The number of benzene rings is 2. The van der Waals surface area contributed by atoms with Crippen LogP contribution in [0.25, 0.3) is 11.1 Å². The van der Waals surface area contributed by atoms with Gasteiger partial charge in [-0.3, -0.25) is 0 Å². The van der Waals surface area contributed by atoms with Crippen LogP contribution < -0.4 is 9.47 Å². The summed E-state index contributed by atoms with van der Waals surface area (Å²) < 4.78 is 23.0. The van der Waals surface area contributed by atoms with Gasteiger partial charge >= 0.3 is 0 Å². The predicted molar refractivity (Wildman–Crippen MR) is 133 cm³/mol. The predicted octanol–water partition coefficient (Wildman–Crippen LogP) is -1.58. The monoisotopic (exact) mass is 550 g/mol. The summed E-state index contributed by atoms with van der Waals surface area (Å²) in [4.78, 5) is 0. The number of ether oxygens (including phenoxy) is 4. The third-order valence-corrected chi connectivity index (χ3v) is 7.81. The second-order valence-corrected chi connectivity index (χ2v) is 10.5. The molecule has 3 aliphatic rings. The third kappa shape index (κ3) is 4.91. The molecule has 2 aromatic carbocycles. The van der Waals surface area contributed by atoms with Crippen LogP contribution in [0.2, 0.25) is 0 Å². The lowest BCUT2D eigenvalue weighted by Crippen LogP contribution is -2.68. The first-order chi connectivity index (χ1) is 18.5. The first-order valence-electron chi connectivity index (χ1n) is 12.8. The Balaban J connectivity index is 1.30. The lowest BCUT2D eigenvalue weighted by Gasteiger charge is -2.49. The average Bonchev–Trinajstić information content (AvgIpc) is 2.94. The summed E-state index contributed by atoms with van der Waals surface area (Å²) >= 11 is 0. The highest BCUT2D eigenvalue weighted by Crippen LogP contribution is 2.42. The molecule has 0 amide bonds. The van der Waals surface area contributed by atoms with E-state index in [1.807, 2.05) is 6.07 Å². The van der Waals surface area contributed by atoms with Crippen molar-refractivity contribution in [2.24, 2.45) is 0 Å². The zero-order chi connectivity index (χ0) is 28.1. The minimum Gasteiger partial charge on any atom is -0.462 e. The molecule has 39 heavy (non-hydrogen) atoms. The second kappa shape index (κ2) is 10.6. The molecule has 0 aliphatic carbocycles. The van der Waals surface area contributed by atoms with E-state index in [9.17, 15) is 40.9 Å². The van der Waals surface area contributed by atoms with E-state index in [0.717, 1.165) is 16.7 Å². The second-order valence-electron chi connectivity index (χ2n) is 10.5. The van der Waals surface area contributed by atoms with Gasteiger partial charge in [-0.2, -0.15) is 0 Å². The normalized spacial score (nSPS) is 40.1. The summed E-state index contributed by atoms with van der Waals surface area (Å²) in [5.74, 6) is -0.823. The highest BCUT2D eigenvalue weighted by molar-refractivity contribution is 5.66. The van der Waals surface area contributed by atoms with Crippen LogP contribution in [-0.4, -0.2) is 114 Å². The number of hydrogen-bond acceptors (Lipinski definition) is 12. The third-order valence-electron chi connectivity index (χ3n) is 7.81.